The lowest BCUT2D eigenvalue weighted by Crippen LogP contribution is -2.01. The molecule has 0 aromatic heterocycles. The number of halogens is 2. The van der Waals surface area contributed by atoms with E-state index in [-0.39, 0.29) is 11.3 Å². The van der Waals surface area contributed by atoms with Crippen molar-refractivity contribution in [2.45, 2.75) is 10.6 Å². The SMILES string of the molecule is N#Cc1cc(F)cc(CS(=O)c2cc(Br)ccc2N)c1. The van der Waals surface area contributed by atoms with Crippen LogP contribution >= 0.6 is 15.9 Å². The van der Waals surface area contributed by atoms with Crippen LogP contribution < -0.4 is 5.73 Å². The lowest BCUT2D eigenvalue weighted by Gasteiger charge is -2.07. The Hall–Kier alpha value is -1.71. The van der Waals surface area contributed by atoms with Crippen LogP contribution in [0.2, 0.25) is 0 Å². The average molecular weight is 353 g/mol. The molecule has 0 aliphatic heterocycles. The second-order valence-corrected chi connectivity index (χ2v) is 6.47. The van der Waals surface area contributed by atoms with Gasteiger partial charge in [0.1, 0.15) is 5.82 Å². The van der Waals surface area contributed by atoms with Crippen LogP contribution in [0.1, 0.15) is 11.1 Å². The molecule has 0 spiro atoms. The van der Waals surface area contributed by atoms with E-state index in [0.29, 0.717) is 16.1 Å². The van der Waals surface area contributed by atoms with Gasteiger partial charge >= 0.3 is 0 Å². The summed E-state index contributed by atoms with van der Waals surface area (Å²) < 4.78 is 26.4. The van der Waals surface area contributed by atoms with Crippen molar-refractivity contribution >= 4 is 32.4 Å². The fraction of sp³-hybridized carbons (Fsp3) is 0.0714. The van der Waals surface area contributed by atoms with Gasteiger partial charge in [0, 0.05) is 10.2 Å². The third-order valence-electron chi connectivity index (χ3n) is 2.61. The van der Waals surface area contributed by atoms with Gasteiger partial charge in [-0.15, -0.1) is 0 Å². The molecular weight excluding hydrogens is 343 g/mol. The molecular formula is C14H10BrFN2OS. The van der Waals surface area contributed by atoms with Crippen molar-refractivity contribution in [3.8, 4) is 6.07 Å². The van der Waals surface area contributed by atoms with Gasteiger partial charge in [-0.3, -0.25) is 4.21 Å². The van der Waals surface area contributed by atoms with Gasteiger partial charge in [0.2, 0.25) is 0 Å². The van der Waals surface area contributed by atoms with Gasteiger partial charge < -0.3 is 5.73 Å². The van der Waals surface area contributed by atoms with Crippen LogP contribution in [0.15, 0.2) is 45.8 Å². The first kappa shape index (κ1) is 14.7. The number of hydrogen-bond donors (Lipinski definition) is 1. The molecule has 2 rings (SSSR count). The number of hydrogen-bond acceptors (Lipinski definition) is 3. The van der Waals surface area contributed by atoms with Crippen LogP contribution in [0.25, 0.3) is 0 Å². The number of benzene rings is 2. The Kier molecular flexibility index (Phi) is 4.53. The number of nitrogens with two attached hydrogens (primary N) is 1. The Morgan fingerprint density at radius 2 is 2.05 bits per heavy atom. The summed E-state index contributed by atoms with van der Waals surface area (Å²) in [4.78, 5) is 0.488. The van der Waals surface area contributed by atoms with E-state index >= 15 is 0 Å². The first-order chi connectivity index (χ1) is 9.49. The average Bonchev–Trinajstić information content (AvgIpc) is 2.40. The minimum absolute atomic E-state index is 0.104. The van der Waals surface area contributed by atoms with Gasteiger partial charge in [-0.25, -0.2) is 4.39 Å². The molecule has 20 heavy (non-hydrogen) atoms. The minimum Gasteiger partial charge on any atom is -0.398 e. The summed E-state index contributed by atoms with van der Waals surface area (Å²) in [6, 6.07) is 10.9. The maximum absolute atomic E-state index is 13.3. The summed E-state index contributed by atoms with van der Waals surface area (Å²) in [6.45, 7) is 0. The fourth-order valence-corrected chi connectivity index (χ4v) is 3.46. The number of anilines is 1. The van der Waals surface area contributed by atoms with E-state index in [1.807, 2.05) is 6.07 Å². The van der Waals surface area contributed by atoms with E-state index in [2.05, 4.69) is 15.9 Å². The summed E-state index contributed by atoms with van der Waals surface area (Å²) in [7, 11) is -1.41. The Labute approximate surface area is 126 Å². The molecule has 2 aromatic carbocycles. The smallest absolute Gasteiger partial charge is 0.124 e. The highest BCUT2D eigenvalue weighted by atomic mass is 79.9. The second-order valence-electron chi connectivity index (χ2n) is 4.13. The number of nitrogen functional groups attached to an aromatic ring is 1. The highest BCUT2D eigenvalue weighted by Gasteiger charge is 2.11. The molecule has 0 heterocycles. The molecule has 1 atom stereocenters. The Balaban J connectivity index is 2.30. The van der Waals surface area contributed by atoms with Crippen molar-refractivity contribution in [3.63, 3.8) is 0 Å². The van der Waals surface area contributed by atoms with Gasteiger partial charge in [-0.1, -0.05) is 15.9 Å². The first-order valence-electron chi connectivity index (χ1n) is 5.62. The zero-order valence-electron chi connectivity index (χ0n) is 10.3. The normalized spacial score (nSPS) is 11.8. The molecule has 6 heteroatoms. The van der Waals surface area contributed by atoms with E-state index in [1.54, 1.807) is 18.2 Å². The molecule has 0 saturated carbocycles. The molecule has 0 aliphatic carbocycles. The Bertz CT molecular complexity index is 728. The van der Waals surface area contributed by atoms with Crippen molar-refractivity contribution < 1.29 is 8.60 Å². The van der Waals surface area contributed by atoms with Crippen molar-refractivity contribution in [2.24, 2.45) is 0 Å². The molecule has 0 fully saturated rings. The summed E-state index contributed by atoms with van der Waals surface area (Å²) in [5, 5.41) is 8.80. The topological polar surface area (TPSA) is 66.9 Å². The molecule has 102 valence electrons. The first-order valence-corrected chi connectivity index (χ1v) is 7.74. The molecule has 0 radical (unpaired) electrons. The maximum Gasteiger partial charge on any atom is 0.124 e. The molecule has 0 amide bonds. The summed E-state index contributed by atoms with van der Waals surface area (Å²) in [6.07, 6.45) is 0. The highest BCUT2D eigenvalue weighted by molar-refractivity contribution is 9.10. The number of nitriles is 1. The molecule has 1 unspecified atom stereocenters. The quantitative estimate of drug-likeness (QED) is 0.861. The van der Waals surface area contributed by atoms with Crippen LogP contribution in [-0.4, -0.2) is 4.21 Å². The lowest BCUT2D eigenvalue weighted by atomic mass is 10.1. The van der Waals surface area contributed by atoms with Gasteiger partial charge in [-0.2, -0.15) is 5.26 Å². The zero-order valence-corrected chi connectivity index (χ0v) is 12.7. The van der Waals surface area contributed by atoms with Gasteiger partial charge in [0.25, 0.3) is 0 Å². The van der Waals surface area contributed by atoms with E-state index < -0.39 is 16.6 Å². The number of rotatable bonds is 3. The van der Waals surface area contributed by atoms with Crippen LogP contribution in [-0.2, 0) is 16.6 Å². The van der Waals surface area contributed by atoms with Crippen molar-refractivity contribution in [2.75, 3.05) is 5.73 Å². The molecule has 0 aliphatic rings. The molecule has 2 N–H and O–H groups in total. The fourth-order valence-electron chi connectivity index (χ4n) is 1.73. The van der Waals surface area contributed by atoms with Crippen molar-refractivity contribution in [1.82, 2.24) is 0 Å². The predicted octanol–water partition coefficient (Wildman–Crippen LogP) is 3.35. The van der Waals surface area contributed by atoms with Gasteiger partial charge in [0.05, 0.1) is 33.1 Å². The van der Waals surface area contributed by atoms with E-state index in [4.69, 9.17) is 11.0 Å². The van der Waals surface area contributed by atoms with Crippen LogP contribution in [0.5, 0.6) is 0 Å². The lowest BCUT2D eigenvalue weighted by molar-refractivity contribution is 0.625. The minimum atomic E-state index is -1.41. The molecule has 3 nitrogen and oxygen atoms in total. The summed E-state index contributed by atoms with van der Waals surface area (Å²) in [5.74, 6) is -0.411. The monoisotopic (exact) mass is 352 g/mol. The predicted molar refractivity (Wildman–Crippen MR) is 79.8 cm³/mol. The standard InChI is InChI=1S/C14H10BrFN2OS/c15-11-1-2-13(18)14(6-11)20(19)8-10-3-9(7-17)4-12(16)5-10/h1-6H,8,18H2. The van der Waals surface area contributed by atoms with E-state index in [9.17, 15) is 8.60 Å². The Morgan fingerprint density at radius 3 is 2.75 bits per heavy atom. The Morgan fingerprint density at radius 1 is 1.30 bits per heavy atom. The van der Waals surface area contributed by atoms with Crippen LogP contribution in [0.4, 0.5) is 10.1 Å². The molecule has 0 saturated heterocycles. The molecule has 0 bridgehead atoms. The van der Waals surface area contributed by atoms with Crippen LogP contribution in [0.3, 0.4) is 0 Å². The molecule has 2 aromatic rings. The zero-order chi connectivity index (χ0) is 14.7. The van der Waals surface area contributed by atoms with E-state index in [0.717, 1.165) is 10.5 Å². The van der Waals surface area contributed by atoms with Crippen LogP contribution in [0, 0.1) is 17.1 Å². The summed E-state index contributed by atoms with van der Waals surface area (Å²) >= 11 is 3.29. The van der Waals surface area contributed by atoms with Crippen molar-refractivity contribution in [3.05, 3.63) is 57.8 Å². The largest absolute Gasteiger partial charge is 0.398 e. The van der Waals surface area contributed by atoms with Gasteiger partial charge in [-0.05, 0) is 42.0 Å². The maximum atomic E-state index is 13.3. The van der Waals surface area contributed by atoms with Gasteiger partial charge in [0.15, 0.2) is 0 Å². The highest BCUT2D eigenvalue weighted by Crippen LogP contribution is 2.24. The van der Waals surface area contributed by atoms with Crippen molar-refractivity contribution in [1.29, 1.82) is 5.26 Å². The third-order valence-corrected chi connectivity index (χ3v) is 4.54. The third kappa shape index (κ3) is 3.44. The summed E-state index contributed by atoms with van der Waals surface area (Å²) in [5.41, 5.74) is 6.92. The number of nitrogens with zero attached hydrogens (tertiary/aromatic N) is 1. The second kappa shape index (κ2) is 6.16. The van der Waals surface area contributed by atoms with E-state index in [1.165, 1.54) is 12.1 Å².